The number of halogens is 1. The van der Waals surface area contributed by atoms with E-state index in [4.69, 9.17) is 8.83 Å². The van der Waals surface area contributed by atoms with E-state index in [0.717, 1.165) is 0 Å². The highest BCUT2D eigenvalue weighted by Crippen LogP contribution is 2.25. The number of oxazole rings is 1. The summed E-state index contributed by atoms with van der Waals surface area (Å²) in [5.41, 5.74) is 0.569. The topological polar surface area (TPSA) is 68.3 Å². The standard InChI is InChI=1S/C15H11FN2O3/c1-9-2-7-12(21-9)14-13(17-8-20-14)15(19)18-11-5-3-10(16)4-6-11/h2-8H,1H3,(H,18,19). The zero-order chi connectivity index (χ0) is 14.8. The van der Waals surface area contributed by atoms with E-state index in [9.17, 15) is 9.18 Å². The van der Waals surface area contributed by atoms with Gasteiger partial charge in [-0.1, -0.05) is 0 Å². The molecular weight excluding hydrogens is 275 g/mol. The molecule has 1 amide bonds. The number of benzene rings is 1. The number of amides is 1. The summed E-state index contributed by atoms with van der Waals surface area (Å²) < 4.78 is 23.5. The molecule has 3 aromatic rings. The first kappa shape index (κ1) is 13.1. The predicted molar refractivity (Wildman–Crippen MR) is 73.3 cm³/mol. The Hall–Kier alpha value is -2.89. The molecule has 6 heteroatoms. The number of nitrogens with zero attached hydrogens (tertiary/aromatic N) is 1. The Morgan fingerprint density at radius 1 is 1.19 bits per heavy atom. The lowest BCUT2D eigenvalue weighted by atomic mass is 10.2. The number of hydrogen-bond acceptors (Lipinski definition) is 4. The van der Waals surface area contributed by atoms with Crippen molar-refractivity contribution >= 4 is 11.6 Å². The van der Waals surface area contributed by atoms with Crippen LogP contribution in [0.5, 0.6) is 0 Å². The van der Waals surface area contributed by atoms with E-state index in [1.165, 1.54) is 30.7 Å². The molecule has 0 bridgehead atoms. The Morgan fingerprint density at radius 2 is 1.95 bits per heavy atom. The van der Waals surface area contributed by atoms with Crippen LogP contribution in [0.25, 0.3) is 11.5 Å². The minimum atomic E-state index is -0.459. The third kappa shape index (κ3) is 2.69. The molecule has 1 N–H and O–H groups in total. The summed E-state index contributed by atoms with van der Waals surface area (Å²) >= 11 is 0. The monoisotopic (exact) mass is 286 g/mol. The molecule has 5 nitrogen and oxygen atoms in total. The molecule has 0 saturated heterocycles. The van der Waals surface area contributed by atoms with Crippen LogP contribution in [0.1, 0.15) is 16.2 Å². The number of aryl methyl sites for hydroxylation is 1. The average Bonchev–Trinajstić information content (AvgIpc) is 3.09. The number of rotatable bonds is 3. The second-order valence-electron chi connectivity index (χ2n) is 4.40. The van der Waals surface area contributed by atoms with Gasteiger partial charge in [0.15, 0.2) is 17.8 Å². The van der Waals surface area contributed by atoms with Crippen LogP contribution in [0, 0.1) is 12.7 Å². The maximum absolute atomic E-state index is 12.8. The van der Waals surface area contributed by atoms with Crippen molar-refractivity contribution in [2.24, 2.45) is 0 Å². The van der Waals surface area contributed by atoms with Gasteiger partial charge in [-0.25, -0.2) is 9.37 Å². The van der Waals surface area contributed by atoms with Gasteiger partial charge in [0.25, 0.3) is 5.91 Å². The Balaban J connectivity index is 1.86. The smallest absolute Gasteiger partial charge is 0.278 e. The molecular formula is C15H11FN2O3. The van der Waals surface area contributed by atoms with Gasteiger partial charge in [0.05, 0.1) is 0 Å². The molecule has 1 aromatic carbocycles. The Morgan fingerprint density at radius 3 is 2.62 bits per heavy atom. The van der Waals surface area contributed by atoms with Crippen molar-refractivity contribution in [3.8, 4) is 11.5 Å². The summed E-state index contributed by atoms with van der Waals surface area (Å²) in [5, 5.41) is 2.62. The van der Waals surface area contributed by atoms with Gasteiger partial charge in [-0.15, -0.1) is 0 Å². The molecule has 0 radical (unpaired) electrons. The molecule has 21 heavy (non-hydrogen) atoms. The van der Waals surface area contributed by atoms with E-state index in [-0.39, 0.29) is 17.3 Å². The predicted octanol–water partition coefficient (Wildman–Crippen LogP) is 3.63. The van der Waals surface area contributed by atoms with Crippen LogP contribution in [-0.2, 0) is 0 Å². The summed E-state index contributed by atoms with van der Waals surface area (Å²) in [6.45, 7) is 1.79. The lowest BCUT2D eigenvalue weighted by molar-refractivity contribution is 0.102. The van der Waals surface area contributed by atoms with Crippen molar-refractivity contribution in [1.82, 2.24) is 4.98 Å². The molecule has 106 valence electrons. The van der Waals surface area contributed by atoms with Gasteiger partial charge in [-0.05, 0) is 43.3 Å². The minimum absolute atomic E-state index is 0.105. The van der Waals surface area contributed by atoms with E-state index >= 15 is 0 Å². The molecule has 0 atom stereocenters. The van der Waals surface area contributed by atoms with Gasteiger partial charge in [0, 0.05) is 5.69 Å². The Bertz CT molecular complexity index is 774. The van der Waals surface area contributed by atoms with Gasteiger partial charge in [-0.3, -0.25) is 4.79 Å². The molecule has 0 aliphatic rings. The van der Waals surface area contributed by atoms with Crippen LogP contribution in [-0.4, -0.2) is 10.9 Å². The molecule has 0 unspecified atom stereocenters. The lowest BCUT2D eigenvalue weighted by Gasteiger charge is -2.03. The Kier molecular flexibility index (Phi) is 3.27. The number of aromatic nitrogens is 1. The van der Waals surface area contributed by atoms with Crippen molar-refractivity contribution in [3.63, 3.8) is 0 Å². The second kappa shape index (κ2) is 5.24. The summed E-state index contributed by atoms with van der Waals surface area (Å²) in [6, 6.07) is 8.91. The Labute approximate surface area is 119 Å². The third-order valence-electron chi connectivity index (χ3n) is 2.85. The van der Waals surface area contributed by atoms with Gasteiger partial charge < -0.3 is 14.2 Å². The molecule has 2 heterocycles. The van der Waals surface area contributed by atoms with Crippen LogP contribution >= 0.6 is 0 Å². The second-order valence-corrected chi connectivity index (χ2v) is 4.40. The zero-order valence-electron chi connectivity index (χ0n) is 11.1. The van der Waals surface area contributed by atoms with Crippen molar-refractivity contribution in [2.45, 2.75) is 6.92 Å². The lowest BCUT2D eigenvalue weighted by Crippen LogP contribution is -2.13. The molecule has 0 spiro atoms. The van der Waals surface area contributed by atoms with Gasteiger partial charge in [-0.2, -0.15) is 0 Å². The van der Waals surface area contributed by atoms with Crippen LogP contribution in [0.4, 0.5) is 10.1 Å². The number of furan rings is 1. The quantitative estimate of drug-likeness (QED) is 0.798. The van der Waals surface area contributed by atoms with E-state index in [1.54, 1.807) is 19.1 Å². The number of carbonyl (C=O) groups is 1. The van der Waals surface area contributed by atoms with Crippen LogP contribution < -0.4 is 5.32 Å². The fourth-order valence-corrected chi connectivity index (χ4v) is 1.86. The molecule has 3 rings (SSSR count). The van der Waals surface area contributed by atoms with Crippen LogP contribution in [0.3, 0.4) is 0 Å². The maximum atomic E-state index is 12.8. The number of anilines is 1. The summed E-state index contributed by atoms with van der Waals surface area (Å²) in [4.78, 5) is 16.1. The maximum Gasteiger partial charge on any atom is 0.278 e. The van der Waals surface area contributed by atoms with Gasteiger partial charge in [0.1, 0.15) is 11.6 Å². The van der Waals surface area contributed by atoms with E-state index in [0.29, 0.717) is 17.2 Å². The zero-order valence-corrected chi connectivity index (χ0v) is 11.1. The SMILES string of the molecule is Cc1ccc(-c2ocnc2C(=O)Nc2ccc(F)cc2)o1. The first-order valence-corrected chi connectivity index (χ1v) is 6.21. The fraction of sp³-hybridized carbons (Fsp3) is 0.0667. The largest absolute Gasteiger partial charge is 0.458 e. The van der Waals surface area contributed by atoms with Gasteiger partial charge >= 0.3 is 0 Å². The average molecular weight is 286 g/mol. The highest BCUT2D eigenvalue weighted by molar-refractivity contribution is 6.06. The molecule has 0 fully saturated rings. The van der Waals surface area contributed by atoms with Crippen molar-refractivity contribution < 1.29 is 18.0 Å². The molecule has 0 saturated carbocycles. The number of carbonyl (C=O) groups excluding carboxylic acids is 1. The van der Waals surface area contributed by atoms with Crippen molar-refractivity contribution in [3.05, 3.63) is 60.1 Å². The van der Waals surface area contributed by atoms with E-state index in [2.05, 4.69) is 10.3 Å². The molecule has 2 aromatic heterocycles. The van der Waals surface area contributed by atoms with E-state index in [1.807, 2.05) is 0 Å². The molecule has 0 aliphatic heterocycles. The van der Waals surface area contributed by atoms with E-state index < -0.39 is 5.91 Å². The molecule has 0 aliphatic carbocycles. The van der Waals surface area contributed by atoms with Crippen molar-refractivity contribution in [1.29, 1.82) is 0 Å². The first-order chi connectivity index (χ1) is 10.1. The van der Waals surface area contributed by atoms with Crippen molar-refractivity contribution in [2.75, 3.05) is 5.32 Å². The number of hydrogen-bond donors (Lipinski definition) is 1. The highest BCUT2D eigenvalue weighted by Gasteiger charge is 2.20. The van der Waals surface area contributed by atoms with Crippen LogP contribution in [0.2, 0.25) is 0 Å². The van der Waals surface area contributed by atoms with Gasteiger partial charge in [0.2, 0.25) is 5.76 Å². The third-order valence-corrected chi connectivity index (χ3v) is 2.85. The summed E-state index contributed by atoms with van der Waals surface area (Å²) in [5.74, 6) is 0.545. The number of nitrogens with one attached hydrogen (secondary N) is 1. The summed E-state index contributed by atoms with van der Waals surface area (Å²) in [7, 11) is 0. The van der Waals surface area contributed by atoms with Crippen LogP contribution in [0.15, 0.2) is 51.6 Å². The first-order valence-electron chi connectivity index (χ1n) is 6.21. The normalized spacial score (nSPS) is 10.6. The minimum Gasteiger partial charge on any atom is -0.458 e. The summed E-state index contributed by atoms with van der Waals surface area (Å²) in [6.07, 6.45) is 1.17. The highest BCUT2D eigenvalue weighted by atomic mass is 19.1. The fourth-order valence-electron chi connectivity index (χ4n) is 1.86.